The summed E-state index contributed by atoms with van der Waals surface area (Å²) < 4.78 is 6.40. The number of ether oxygens (including phenoxy) is 1. The molecule has 1 N–H and O–H groups in total. The summed E-state index contributed by atoms with van der Waals surface area (Å²) in [4.78, 5) is 0. The normalized spacial score (nSPS) is 19.6. The molecule has 0 heterocycles. The van der Waals surface area contributed by atoms with E-state index in [1.165, 1.54) is 29.2 Å². The maximum Gasteiger partial charge on any atom is 0.132 e. The maximum atomic E-state index is 6.40. The molecule has 0 aliphatic heterocycles. The van der Waals surface area contributed by atoms with Crippen molar-refractivity contribution in [3.8, 4) is 5.75 Å². The van der Waals surface area contributed by atoms with Crippen molar-refractivity contribution in [1.82, 2.24) is 5.32 Å². The smallest absolute Gasteiger partial charge is 0.132 e. The predicted molar refractivity (Wildman–Crippen MR) is 88.8 cm³/mol. The standard InChI is InChI=1S/C19H23NO/c1-14(20-2)17-13-12-15-8-6-7-11-18(15)19(17)21-16-9-4-3-5-10-16/h4,6-9,11-14,16,20H,3,5,10H2,1-2H3. The zero-order valence-corrected chi connectivity index (χ0v) is 12.8. The number of nitrogens with one attached hydrogen (secondary N) is 1. The molecule has 2 unspecified atom stereocenters. The molecule has 2 aromatic rings. The molecular weight excluding hydrogens is 258 g/mol. The maximum absolute atomic E-state index is 6.40. The number of hydrogen-bond donors (Lipinski definition) is 1. The Kier molecular flexibility index (Phi) is 4.26. The molecule has 1 aliphatic carbocycles. The van der Waals surface area contributed by atoms with Crippen molar-refractivity contribution in [1.29, 1.82) is 0 Å². The molecule has 1 aliphatic rings. The molecule has 2 atom stereocenters. The highest BCUT2D eigenvalue weighted by atomic mass is 16.5. The highest BCUT2D eigenvalue weighted by molar-refractivity contribution is 5.89. The molecule has 0 amide bonds. The Labute approximate surface area is 126 Å². The number of rotatable bonds is 4. The SMILES string of the molecule is CNC(C)c1ccc2ccccc2c1OC1C=CCCC1. The zero-order valence-electron chi connectivity index (χ0n) is 12.8. The highest BCUT2D eigenvalue weighted by Crippen LogP contribution is 2.35. The Morgan fingerprint density at radius 1 is 1.19 bits per heavy atom. The van der Waals surface area contributed by atoms with Crippen molar-refractivity contribution in [3.63, 3.8) is 0 Å². The van der Waals surface area contributed by atoms with Crippen molar-refractivity contribution in [2.75, 3.05) is 7.05 Å². The van der Waals surface area contributed by atoms with Gasteiger partial charge in [0.1, 0.15) is 11.9 Å². The van der Waals surface area contributed by atoms with E-state index >= 15 is 0 Å². The van der Waals surface area contributed by atoms with Crippen LogP contribution in [-0.2, 0) is 0 Å². The number of benzene rings is 2. The molecule has 3 rings (SSSR count). The van der Waals surface area contributed by atoms with Gasteiger partial charge in [-0.1, -0.05) is 42.5 Å². The molecule has 21 heavy (non-hydrogen) atoms. The van der Waals surface area contributed by atoms with Crippen LogP contribution < -0.4 is 10.1 Å². The van der Waals surface area contributed by atoms with Crippen LogP contribution in [-0.4, -0.2) is 13.2 Å². The average Bonchev–Trinajstić information content (AvgIpc) is 2.55. The fourth-order valence-electron chi connectivity index (χ4n) is 2.92. The van der Waals surface area contributed by atoms with Gasteiger partial charge in [-0.05, 0) is 44.7 Å². The fraction of sp³-hybridized carbons (Fsp3) is 0.368. The summed E-state index contributed by atoms with van der Waals surface area (Å²) in [5, 5.41) is 5.77. The third kappa shape index (κ3) is 2.96. The molecule has 0 radical (unpaired) electrons. The minimum absolute atomic E-state index is 0.201. The van der Waals surface area contributed by atoms with Gasteiger partial charge < -0.3 is 10.1 Å². The Morgan fingerprint density at radius 3 is 2.81 bits per heavy atom. The Bertz CT molecular complexity index is 647. The molecule has 0 spiro atoms. The Morgan fingerprint density at radius 2 is 2.05 bits per heavy atom. The van der Waals surface area contributed by atoms with Gasteiger partial charge in [0.25, 0.3) is 0 Å². The fourth-order valence-corrected chi connectivity index (χ4v) is 2.92. The van der Waals surface area contributed by atoms with Crippen LogP contribution in [0.3, 0.4) is 0 Å². The van der Waals surface area contributed by atoms with E-state index in [4.69, 9.17) is 4.74 Å². The van der Waals surface area contributed by atoms with Gasteiger partial charge >= 0.3 is 0 Å². The number of fused-ring (bicyclic) bond motifs is 1. The molecule has 2 aromatic carbocycles. The van der Waals surface area contributed by atoms with Gasteiger partial charge in [0.15, 0.2) is 0 Å². The van der Waals surface area contributed by atoms with Crippen LogP contribution in [0.1, 0.15) is 37.8 Å². The molecule has 0 fully saturated rings. The summed E-state index contributed by atoms with van der Waals surface area (Å²) in [6.07, 6.45) is 8.14. The first kappa shape index (κ1) is 14.2. The van der Waals surface area contributed by atoms with Gasteiger partial charge in [0.2, 0.25) is 0 Å². The van der Waals surface area contributed by atoms with Gasteiger partial charge in [0.05, 0.1) is 0 Å². The molecule has 0 saturated carbocycles. The second-order valence-corrected chi connectivity index (χ2v) is 5.73. The number of allylic oxidation sites excluding steroid dienone is 1. The lowest BCUT2D eigenvalue weighted by atomic mass is 10.00. The van der Waals surface area contributed by atoms with E-state index in [9.17, 15) is 0 Å². The predicted octanol–water partition coefficient (Wildman–Crippen LogP) is 4.61. The number of hydrogen-bond acceptors (Lipinski definition) is 2. The van der Waals surface area contributed by atoms with Crippen molar-refractivity contribution in [2.45, 2.75) is 38.3 Å². The van der Waals surface area contributed by atoms with Crippen molar-refractivity contribution < 1.29 is 4.74 Å². The highest BCUT2D eigenvalue weighted by Gasteiger charge is 2.17. The lowest BCUT2D eigenvalue weighted by Crippen LogP contribution is -2.19. The Balaban J connectivity index is 2.06. The second kappa shape index (κ2) is 6.31. The van der Waals surface area contributed by atoms with Gasteiger partial charge in [-0.2, -0.15) is 0 Å². The quantitative estimate of drug-likeness (QED) is 0.826. The minimum atomic E-state index is 0.201. The van der Waals surface area contributed by atoms with E-state index in [-0.39, 0.29) is 12.1 Å². The molecule has 0 aromatic heterocycles. The molecule has 110 valence electrons. The second-order valence-electron chi connectivity index (χ2n) is 5.73. The minimum Gasteiger partial charge on any atom is -0.485 e. The van der Waals surface area contributed by atoms with Crippen molar-refractivity contribution in [2.24, 2.45) is 0 Å². The lowest BCUT2D eigenvalue weighted by molar-refractivity contribution is 0.229. The van der Waals surface area contributed by atoms with E-state index in [1.807, 2.05) is 7.05 Å². The summed E-state index contributed by atoms with van der Waals surface area (Å²) in [7, 11) is 1.99. The van der Waals surface area contributed by atoms with Gasteiger partial charge in [-0.15, -0.1) is 0 Å². The summed E-state index contributed by atoms with van der Waals surface area (Å²) in [6.45, 7) is 2.17. The summed E-state index contributed by atoms with van der Waals surface area (Å²) in [5.74, 6) is 1.03. The first-order valence-corrected chi connectivity index (χ1v) is 7.82. The van der Waals surface area contributed by atoms with E-state index in [2.05, 4.69) is 60.8 Å². The van der Waals surface area contributed by atoms with Gasteiger partial charge in [-0.3, -0.25) is 0 Å². The molecule has 2 nitrogen and oxygen atoms in total. The van der Waals surface area contributed by atoms with E-state index in [0.717, 1.165) is 12.2 Å². The van der Waals surface area contributed by atoms with Crippen molar-refractivity contribution >= 4 is 10.8 Å². The topological polar surface area (TPSA) is 21.3 Å². The van der Waals surface area contributed by atoms with Crippen molar-refractivity contribution in [3.05, 3.63) is 54.1 Å². The van der Waals surface area contributed by atoms with Crippen LogP contribution in [0, 0.1) is 0 Å². The monoisotopic (exact) mass is 281 g/mol. The first-order valence-electron chi connectivity index (χ1n) is 7.82. The first-order chi connectivity index (χ1) is 10.3. The average molecular weight is 281 g/mol. The van der Waals surface area contributed by atoms with Crippen LogP contribution in [0.5, 0.6) is 5.75 Å². The van der Waals surface area contributed by atoms with E-state index < -0.39 is 0 Å². The molecule has 2 heteroatoms. The lowest BCUT2D eigenvalue weighted by Gasteiger charge is -2.24. The van der Waals surface area contributed by atoms with Crippen LogP contribution >= 0.6 is 0 Å². The largest absolute Gasteiger partial charge is 0.485 e. The Hall–Kier alpha value is -1.80. The summed E-state index contributed by atoms with van der Waals surface area (Å²) in [6, 6.07) is 13.1. The van der Waals surface area contributed by atoms with Gasteiger partial charge in [-0.25, -0.2) is 0 Å². The molecule has 0 saturated heterocycles. The van der Waals surface area contributed by atoms with Crippen LogP contribution in [0.15, 0.2) is 48.6 Å². The van der Waals surface area contributed by atoms with Crippen LogP contribution in [0.25, 0.3) is 10.8 Å². The zero-order chi connectivity index (χ0) is 14.7. The third-order valence-electron chi connectivity index (χ3n) is 4.29. The molecular formula is C19H23NO. The summed E-state index contributed by atoms with van der Waals surface area (Å²) >= 11 is 0. The summed E-state index contributed by atoms with van der Waals surface area (Å²) in [5.41, 5.74) is 1.23. The molecule has 0 bridgehead atoms. The van der Waals surface area contributed by atoms with E-state index in [0.29, 0.717) is 0 Å². The van der Waals surface area contributed by atoms with E-state index in [1.54, 1.807) is 0 Å². The third-order valence-corrected chi connectivity index (χ3v) is 4.29. The van der Waals surface area contributed by atoms with Crippen LogP contribution in [0.2, 0.25) is 0 Å². The van der Waals surface area contributed by atoms with Gasteiger partial charge in [0, 0.05) is 17.0 Å². The van der Waals surface area contributed by atoms with Crippen LogP contribution in [0.4, 0.5) is 0 Å².